The van der Waals surface area contributed by atoms with Crippen LogP contribution in [0.4, 0.5) is 4.39 Å². The van der Waals surface area contributed by atoms with Crippen LogP contribution in [0.25, 0.3) is 0 Å². The SMILES string of the molecule is CN(C)CCCN(CCCN(C)C)C(=O)c1ccc(F)cc1. The van der Waals surface area contributed by atoms with E-state index in [4.69, 9.17) is 0 Å². The van der Waals surface area contributed by atoms with Gasteiger partial charge in [-0.15, -0.1) is 0 Å². The maximum Gasteiger partial charge on any atom is 0.253 e. The Balaban J connectivity index is 2.65. The number of carbonyl (C=O) groups excluding carboxylic acids is 1. The molecular formula is C17H28FN3O. The first-order valence-electron chi connectivity index (χ1n) is 7.74. The lowest BCUT2D eigenvalue weighted by molar-refractivity contribution is 0.0744. The van der Waals surface area contributed by atoms with Gasteiger partial charge in [-0.2, -0.15) is 0 Å². The first-order valence-corrected chi connectivity index (χ1v) is 7.74. The number of rotatable bonds is 9. The van der Waals surface area contributed by atoms with Gasteiger partial charge in [0.15, 0.2) is 0 Å². The van der Waals surface area contributed by atoms with Crippen LogP contribution in [0.3, 0.4) is 0 Å². The van der Waals surface area contributed by atoms with Gasteiger partial charge in [-0.1, -0.05) is 0 Å². The first kappa shape index (κ1) is 18.6. The maximum absolute atomic E-state index is 13.0. The van der Waals surface area contributed by atoms with Crippen molar-refractivity contribution in [2.45, 2.75) is 12.8 Å². The maximum atomic E-state index is 13.0. The van der Waals surface area contributed by atoms with Crippen molar-refractivity contribution >= 4 is 5.91 Å². The number of benzene rings is 1. The van der Waals surface area contributed by atoms with E-state index in [-0.39, 0.29) is 11.7 Å². The molecule has 0 unspecified atom stereocenters. The van der Waals surface area contributed by atoms with Gasteiger partial charge in [0.1, 0.15) is 5.82 Å². The fraction of sp³-hybridized carbons (Fsp3) is 0.588. The van der Waals surface area contributed by atoms with Crippen molar-refractivity contribution in [3.63, 3.8) is 0 Å². The second-order valence-electron chi connectivity index (χ2n) is 6.11. The van der Waals surface area contributed by atoms with Gasteiger partial charge in [-0.3, -0.25) is 4.79 Å². The van der Waals surface area contributed by atoms with E-state index in [1.807, 2.05) is 33.1 Å². The van der Waals surface area contributed by atoms with Gasteiger partial charge in [-0.25, -0.2) is 4.39 Å². The molecule has 0 saturated carbocycles. The quantitative estimate of drug-likeness (QED) is 0.699. The topological polar surface area (TPSA) is 26.8 Å². The van der Waals surface area contributed by atoms with Gasteiger partial charge >= 0.3 is 0 Å². The lowest BCUT2D eigenvalue weighted by atomic mass is 10.2. The molecule has 22 heavy (non-hydrogen) atoms. The Morgan fingerprint density at radius 2 is 1.32 bits per heavy atom. The fourth-order valence-electron chi connectivity index (χ4n) is 2.25. The third-order valence-corrected chi connectivity index (χ3v) is 3.45. The summed E-state index contributed by atoms with van der Waals surface area (Å²) in [7, 11) is 8.10. The van der Waals surface area contributed by atoms with Crippen LogP contribution in [0.1, 0.15) is 23.2 Å². The van der Waals surface area contributed by atoms with E-state index in [0.717, 1.165) is 39.0 Å². The average molecular weight is 309 g/mol. The molecule has 1 amide bonds. The molecule has 0 aliphatic rings. The van der Waals surface area contributed by atoms with Crippen LogP contribution >= 0.6 is 0 Å². The van der Waals surface area contributed by atoms with Crippen LogP contribution in [0, 0.1) is 5.82 Å². The molecule has 0 aromatic heterocycles. The molecule has 124 valence electrons. The smallest absolute Gasteiger partial charge is 0.253 e. The van der Waals surface area contributed by atoms with Gasteiger partial charge in [0.25, 0.3) is 5.91 Å². The third kappa shape index (κ3) is 7.00. The summed E-state index contributed by atoms with van der Waals surface area (Å²) in [6.45, 7) is 3.34. The minimum atomic E-state index is -0.316. The van der Waals surface area contributed by atoms with Gasteiger partial charge < -0.3 is 14.7 Å². The minimum Gasteiger partial charge on any atom is -0.339 e. The Hall–Kier alpha value is -1.46. The van der Waals surface area contributed by atoms with Crippen LogP contribution in [-0.4, -0.2) is 75.0 Å². The van der Waals surface area contributed by atoms with E-state index in [0.29, 0.717) is 5.56 Å². The van der Waals surface area contributed by atoms with Gasteiger partial charge in [-0.05, 0) is 78.4 Å². The van der Waals surface area contributed by atoms with Crippen molar-refractivity contribution in [1.29, 1.82) is 0 Å². The van der Waals surface area contributed by atoms with Crippen LogP contribution in [-0.2, 0) is 0 Å². The lowest BCUT2D eigenvalue weighted by Crippen LogP contribution is -2.35. The Labute approximate surface area is 133 Å². The van der Waals surface area contributed by atoms with E-state index in [1.165, 1.54) is 12.1 Å². The largest absolute Gasteiger partial charge is 0.339 e. The fourth-order valence-corrected chi connectivity index (χ4v) is 2.25. The van der Waals surface area contributed by atoms with E-state index in [2.05, 4.69) is 9.80 Å². The molecule has 1 aromatic carbocycles. The minimum absolute atomic E-state index is 0.0162. The van der Waals surface area contributed by atoms with Crippen LogP contribution in [0.2, 0.25) is 0 Å². The van der Waals surface area contributed by atoms with Gasteiger partial charge in [0, 0.05) is 18.7 Å². The molecule has 0 fully saturated rings. The van der Waals surface area contributed by atoms with Crippen molar-refractivity contribution in [2.24, 2.45) is 0 Å². The molecule has 0 aliphatic carbocycles. The highest BCUT2D eigenvalue weighted by molar-refractivity contribution is 5.94. The van der Waals surface area contributed by atoms with Gasteiger partial charge in [0.2, 0.25) is 0 Å². The van der Waals surface area contributed by atoms with Crippen LogP contribution in [0.15, 0.2) is 24.3 Å². The Bertz CT molecular complexity index is 432. The van der Waals surface area contributed by atoms with E-state index in [9.17, 15) is 9.18 Å². The summed E-state index contributed by atoms with van der Waals surface area (Å²) in [4.78, 5) is 18.7. The summed E-state index contributed by atoms with van der Waals surface area (Å²) in [5.41, 5.74) is 0.552. The van der Waals surface area contributed by atoms with Gasteiger partial charge in [0.05, 0.1) is 0 Å². The standard InChI is InChI=1S/C17H28FN3O/c1-19(2)11-5-13-21(14-6-12-20(3)4)17(22)15-7-9-16(18)10-8-15/h7-10H,5-6,11-14H2,1-4H3. The molecule has 0 saturated heterocycles. The first-order chi connectivity index (χ1) is 10.4. The van der Waals surface area contributed by atoms with Crippen LogP contribution < -0.4 is 0 Å². The molecule has 1 rings (SSSR count). The molecule has 0 N–H and O–H groups in total. The Kier molecular flexibility index (Phi) is 8.06. The molecule has 0 heterocycles. The van der Waals surface area contributed by atoms with Crippen molar-refractivity contribution in [2.75, 3.05) is 54.4 Å². The molecule has 0 atom stereocenters. The number of amides is 1. The zero-order chi connectivity index (χ0) is 16.5. The molecule has 0 spiro atoms. The van der Waals surface area contributed by atoms with E-state index >= 15 is 0 Å². The monoisotopic (exact) mass is 309 g/mol. The highest BCUT2D eigenvalue weighted by Crippen LogP contribution is 2.08. The number of halogens is 1. The number of hydrogen-bond donors (Lipinski definition) is 0. The summed E-state index contributed by atoms with van der Waals surface area (Å²) in [5.74, 6) is -0.333. The zero-order valence-electron chi connectivity index (χ0n) is 14.2. The molecule has 0 aliphatic heterocycles. The van der Waals surface area contributed by atoms with E-state index in [1.54, 1.807) is 12.1 Å². The molecule has 5 heteroatoms. The zero-order valence-corrected chi connectivity index (χ0v) is 14.2. The Morgan fingerprint density at radius 1 is 0.864 bits per heavy atom. The predicted molar refractivity (Wildman–Crippen MR) is 88.6 cm³/mol. The highest BCUT2D eigenvalue weighted by atomic mass is 19.1. The molecule has 4 nitrogen and oxygen atoms in total. The Morgan fingerprint density at radius 3 is 1.73 bits per heavy atom. The molecule has 0 bridgehead atoms. The summed E-state index contributed by atoms with van der Waals surface area (Å²) in [6.07, 6.45) is 1.86. The van der Waals surface area contributed by atoms with Crippen molar-refractivity contribution < 1.29 is 9.18 Å². The van der Waals surface area contributed by atoms with Crippen molar-refractivity contribution in [1.82, 2.24) is 14.7 Å². The summed E-state index contributed by atoms with van der Waals surface area (Å²) >= 11 is 0. The second-order valence-corrected chi connectivity index (χ2v) is 6.11. The number of nitrogens with zero attached hydrogens (tertiary/aromatic N) is 3. The van der Waals surface area contributed by atoms with Crippen molar-refractivity contribution in [3.05, 3.63) is 35.6 Å². The normalized spacial score (nSPS) is 11.2. The van der Waals surface area contributed by atoms with E-state index < -0.39 is 0 Å². The van der Waals surface area contributed by atoms with Crippen molar-refractivity contribution in [3.8, 4) is 0 Å². The summed E-state index contributed by atoms with van der Waals surface area (Å²) in [5, 5.41) is 0. The number of hydrogen-bond acceptors (Lipinski definition) is 3. The summed E-state index contributed by atoms with van der Waals surface area (Å²) in [6, 6.07) is 5.79. The number of carbonyl (C=O) groups is 1. The highest BCUT2D eigenvalue weighted by Gasteiger charge is 2.15. The third-order valence-electron chi connectivity index (χ3n) is 3.45. The van der Waals surface area contributed by atoms with Crippen LogP contribution in [0.5, 0.6) is 0 Å². The molecule has 1 aromatic rings. The molecular weight excluding hydrogens is 281 g/mol. The average Bonchev–Trinajstić information content (AvgIpc) is 2.45. The lowest BCUT2D eigenvalue weighted by Gasteiger charge is -2.24. The molecule has 0 radical (unpaired) electrons. The summed E-state index contributed by atoms with van der Waals surface area (Å²) < 4.78 is 13.0. The predicted octanol–water partition coefficient (Wildman–Crippen LogP) is 2.17. The second kappa shape index (κ2) is 9.54.